The predicted octanol–water partition coefficient (Wildman–Crippen LogP) is 2.44. The Morgan fingerprint density at radius 1 is 1.00 bits per heavy atom. The van der Waals surface area contributed by atoms with Crippen LogP contribution in [0.1, 0.15) is 39.1 Å². The molecule has 0 aliphatic carbocycles. The molecule has 1 heterocycles. The molecule has 3 rings (SSSR count). The minimum absolute atomic E-state index is 0.117. The van der Waals surface area contributed by atoms with Gasteiger partial charge in [0.25, 0.3) is 11.8 Å². The summed E-state index contributed by atoms with van der Waals surface area (Å²) in [6.45, 7) is 0.695. The Kier molecular flexibility index (Phi) is 6.49. The molecule has 0 atom stereocenters. The van der Waals surface area contributed by atoms with Gasteiger partial charge < -0.3 is 14.8 Å². The standard InChI is InChI=1S/C22H24N2O5/c1-28-16-10-9-15(19(14-16)29-2)11-12-23-20(25)8-5-13-24-21(26)17-6-3-4-7-18(17)22(24)27/h3-4,6-7,9-10,14H,5,8,11-13H2,1-2H3,(H,23,25). The highest BCUT2D eigenvalue weighted by Crippen LogP contribution is 2.25. The first-order chi connectivity index (χ1) is 14.0. The molecule has 1 aliphatic heterocycles. The van der Waals surface area contributed by atoms with E-state index < -0.39 is 0 Å². The fourth-order valence-corrected chi connectivity index (χ4v) is 3.32. The Morgan fingerprint density at radius 3 is 2.31 bits per heavy atom. The van der Waals surface area contributed by atoms with Gasteiger partial charge in [-0.15, -0.1) is 0 Å². The van der Waals surface area contributed by atoms with Crippen LogP contribution in [0.4, 0.5) is 0 Å². The molecule has 1 N–H and O–H groups in total. The van der Waals surface area contributed by atoms with Crippen molar-refractivity contribution < 1.29 is 23.9 Å². The lowest BCUT2D eigenvalue weighted by molar-refractivity contribution is -0.121. The zero-order valence-corrected chi connectivity index (χ0v) is 16.6. The number of carbonyl (C=O) groups is 3. The van der Waals surface area contributed by atoms with E-state index in [9.17, 15) is 14.4 Å². The Balaban J connectivity index is 1.42. The lowest BCUT2D eigenvalue weighted by Gasteiger charge is -2.14. The molecule has 3 amide bonds. The smallest absolute Gasteiger partial charge is 0.261 e. The lowest BCUT2D eigenvalue weighted by atomic mass is 10.1. The molecule has 0 radical (unpaired) electrons. The van der Waals surface area contributed by atoms with Gasteiger partial charge in [0.15, 0.2) is 0 Å². The van der Waals surface area contributed by atoms with E-state index in [4.69, 9.17) is 9.47 Å². The minimum atomic E-state index is -0.294. The molecule has 2 aromatic rings. The quantitative estimate of drug-likeness (QED) is 0.658. The van der Waals surface area contributed by atoms with Gasteiger partial charge in [-0.2, -0.15) is 0 Å². The number of hydrogen-bond acceptors (Lipinski definition) is 5. The van der Waals surface area contributed by atoms with Crippen LogP contribution in [0, 0.1) is 0 Å². The van der Waals surface area contributed by atoms with Crippen molar-refractivity contribution in [3.05, 3.63) is 59.2 Å². The first kappa shape index (κ1) is 20.4. The second-order valence-corrected chi connectivity index (χ2v) is 6.69. The molecule has 0 fully saturated rings. The average molecular weight is 396 g/mol. The zero-order chi connectivity index (χ0) is 20.8. The first-order valence-electron chi connectivity index (χ1n) is 9.48. The summed E-state index contributed by atoms with van der Waals surface area (Å²) in [5, 5.41) is 2.86. The number of nitrogens with zero attached hydrogens (tertiary/aromatic N) is 1. The monoisotopic (exact) mass is 396 g/mol. The third-order valence-electron chi connectivity index (χ3n) is 4.87. The molecule has 0 spiro atoms. The van der Waals surface area contributed by atoms with Crippen LogP contribution in [0.15, 0.2) is 42.5 Å². The van der Waals surface area contributed by atoms with E-state index >= 15 is 0 Å². The average Bonchev–Trinajstić information content (AvgIpc) is 2.99. The van der Waals surface area contributed by atoms with E-state index in [1.807, 2.05) is 12.1 Å². The van der Waals surface area contributed by atoms with Crippen molar-refractivity contribution in [2.24, 2.45) is 0 Å². The Hall–Kier alpha value is -3.35. The van der Waals surface area contributed by atoms with Gasteiger partial charge in [0.1, 0.15) is 11.5 Å². The Morgan fingerprint density at radius 2 is 1.69 bits per heavy atom. The number of fused-ring (bicyclic) bond motifs is 1. The molecule has 0 aromatic heterocycles. The van der Waals surface area contributed by atoms with Crippen LogP contribution in [0.5, 0.6) is 11.5 Å². The van der Waals surface area contributed by atoms with Crippen molar-refractivity contribution in [3.63, 3.8) is 0 Å². The molecule has 29 heavy (non-hydrogen) atoms. The summed E-state index contributed by atoms with van der Waals surface area (Å²) in [6.07, 6.45) is 1.29. The fourth-order valence-electron chi connectivity index (χ4n) is 3.32. The van der Waals surface area contributed by atoms with Gasteiger partial charge in [-0.3, -0.25) is 19.3 Å². The molecule has 0 saturated heterocycles. The molecule has 1 aliphatic rings. The normalized spacial score (nSPS) is 12.7. The van der Waals surface area contributed by atoms with Crippen molar-refractivity contribution in [3.8, 4) is 11.5 Å². The van der Waals surface area contributed by atoms with E-state index in [2.05, 4.69) is 5.32 Å². The van der Waals surface area contributed by atoms with Crippen LogP contribution in [0.25, 0.3) is 0 Å². The van der Waals surface area contributed by atoms with E-state index in [1.165, 1.54) is 4.90 Å². The van der Waals surface area contributed by atoms with Crippen LogP contribution in [-0.2, 0) is 11.2 Å². The maximum Gasteiger partial charge on any atom is 0.261 e. The van der Waals surface area contributed by atoms with Crippen LogP contribution in [0.2, 0.25) is 0 Å². The van der Waals surface area contributed by atoms with Crippen LogP contribution < -0.4 is 14.8 Å². The Labute approximate surface area is 169 Å². The van der Waals surface area contributed by atoms with E-state index in [1.54, 1.807) is 44.6 Å². The van der Waals surface area contributed by atoms with Gasteiger partial charge in [-0.25, -0.2) is 0 Å². The number of hydrogen-bond donors (Lipinski definition) is 1. The molecule has 0 bridgehead atoms. The SMILES string of the molecule is COc1ccc(CCNC(=O)CCCN2C(=O)c3ccccc3C2=O)c(OC)c1. The molecule has 0 saturated carbocycles. The third-order valence-corrected chi connectivity index (χ3v) is 4.87. The molecule has 152 valence electrons. The maximum atomic E-state index is 12.3. The fraction of sp³-hybridized carbons (Fsp3) is 0.318. The van der Waals surface area contributed by atoms with Crippen LogP contribution in [-0.4, -0.2) is 49.9 Å². The second kappa shape index (κ2) is 9.23. The molecule has 0 unspecified atom stereocenters. The first-order valence-corrected chi connectivity index (χ1v) is 9.48. The number of nitrogens with one attached hydrogen (secondary N) is 1. The summed E-state index contributed by atoms with van der Waals surface area (Å²) in [5.74, 6) is 0.719. The van der Waals surface area contributed by atoms with Crippen LogP contribution >= 0.6 is 0 Å². The number of rotatable bonds is 9. The van der Waals surface area contributed by atoms with Crippen molar-refractivity contribution in [2.45, 2.75) is 19.3 Å². The van der Waals surface area contributed by atoms with E-state index in [0.717, 1.165) is 5.56 Å². The van der Waals surface area contributed by atoms with Gasteiger partial charge >= 0.3 is 0 Å². The molecular formula is C22H24N2O5. The van der Waals surface area contributed by atoms with Crippen molar-refractivity contribution in [1.82, 2.24) is 10.2 Å². The number of methoxy groups -OCH3 is 2. The van der Waals surface area contributed by atoms with Gasteiger partial charge in [0, 0.05) is 25.6 Å². The second-order valence-electron chi connectivity index (χ2n) is 6.69. The van der Waals surface area contributed by atoms with Gasteiger partial charge in [-0.05, 0) is 36.6 Å². The summed E-state index contributed by atoms with van der Waals surface area (Å²) in [4.78, 5) is 37.9. The number of ether oxygens (including phenoxy) is 2. The lowest BCUT2D eigenvalue weighted by Crippen LogP contribution is -2.32. The predicted molar refractivity (Wildman–Crippen MR) is 107 cm³/mol. The topological polar surface area (TPSA) is 84.9 Å². The number of benzene rings is 2. The van der Waals surface area contributed by atoms with Crippen molar-refractivity contribution in [1.29, 1.82) is 0 Å². The minimum Gasteiger partial charge on any atom is -0.497 e. The Bertz CT molecular complexity index is 890. The molecular weight excluding hydrogens is 372 g/mol. The zero-order valence-electron chi connectivity index (χ0n) is 16.6. The molecule has 7 heteroatoms. The van der Waals surface area contributed by atoms with Crippen molar-refractivity contribution >= 4 is 17.7 Å². The van der Waals surface area contributed by atoms with Gasteiger partial charge in [0.2, 0.25) is 5.91 Å². The summed E-state index contributed by atoms with van der Waals surface area (Å²) in [6, 6.07) is 12.3. The highest BCUT2D eigenvalue weighted by Gasteiger charge is 2.34. The van der Waals surface area contributed by atoms with Crippen LogP contribution in [0.3, 0.4) is 0 Å². The van der Waals surface area contributed by atoms with Gasteiger partial charge in [0.05, 0.1) is 25.3 Å². The largest absolute Gasteiger partial charge is 0.497 e. The summed E-state index contributed by atoms with van der Waals surface area (Å²) >= 11 is 0. The summed E-state index contributed by atoms with van der Waals surface area (Å²) in [7, 11) is 3.19. The maximum absolute atomic E-state index is 12.3. The molecule has 7 nitrogen and oxygen atoms in total. The highest BCUT2D eigenvalue weighted by molar-refractivity contribution is 6.21. The van der Waals surface area contributed by atoms with E-state index in [0.29, 0.717) is 42.0 Å². The summed E-state index contributed by atoms with van der Waals surface area (Å²) in [5.41, 5.74) is 1.82. The molecule has 2 aromatic carbocycles. The third kappa shape index (κ3) is 4.56. The highest BCUT2D eigenvalue weighted by atomic mass is 16.5. The van der Waals surface area contributed by atoms with Crippen molar-refractivity contribution in [2.75, 3.05) is 27.3 Å². The summed E-state index contributed by atoms with van der Waals surface area (Å²) < 4.78 is 10.5. The van der Waals surface area contributed by atoms with E-state index in [-0.39, 0.29) is 30.7 Å². The van der Waals surface area contributed by atoms with Gasteiger partial charge in [-0.1, -0.05) is 18.2 Å². The number of carbonyl (C=O) groups excluding carboxylic acids is 3. The number of amides is 3. The number of imide groups is 1.